The lowest BCUT2D eigenvalue weighted by Crippen LogP contribution is -2.38. The zero-order valence-corrected chi connectivity index (χ0v) is 17.0. The number of methoxy groups -OCH3 is 1. The van der Waals surface area contributed by atoms with Gasteiger partial charge in [0.15, 0.2) is 5.76 Å². The average molecular weight is 400 g/mol. The van der Waals surface area contributed by atoms with Crippen LogP contribution in [0, 0.1) is 0 Å². The van der Waals surface area contributed by atoms with Crippen molar-refractivity contribution in [2.24, 2.45) is 0 Å². The van der Waals surface area contributed by atoms with Gasteiger partial charge in [0.05, 0.1) is 18.8 Å². The maximum Gasteiger partial charge on any atom is 0.286 e. The number of aliphatic hydroxyl groups is 1. The summed E-state index contributed by atoms with van der Waals surface area (Å²) in [4.78, 5) is 25.1. The van der Waals surface area contributed by atoms with Crippen molar-refractivity contribution in [2.45, 2.75) is 50.7 Å². The fourth-order valence-electron chi connectivity index (χ4n) is 3.68. The summed E-state index contributed by atoms with van der Waals surface area (Å²) in [6.07, 6.45) is 2.52. The van der Waals surface area contributed by atoms with E-state index in [9.17, 15) is 14.7 Å². The molecule has 1 fully saturated rings. The number of rotatable bonds is 6. The lowest BCUT2D eigenvalue weighted by atomic mass is 9.92. The largest absolute Gasteiger partial charge is 0.497 e. The second-order valence-corrected chi connectivity index (χ2v) is 7.44. The van der Waals surface area contributed by atoms with Crippen molar-refractivity contribution in [3.63, 3.8) is 0 Å². The van der Waals surface area contributed by atoms with E-state index in [0.29, 0.717) is 29.9 Å². The molecular weight excluding hydrogens is 372 g/mol. The molecule has 0 bridgehead atoms. The Labute approximate surface area is 170 Å². The van der Waals surface area contributed by atoms with Crippen LogP contribution in [0.4, 0.5) is 0 Å². The summed E-state index contributed by atoms with van der Waals surface area (Å²) in [6, 6.07) is 9.04. The van der Waals surface area contributed by atoms with Crippen LogP contribution < -0.4 is 15.4 Å². The molecule has 1 heterocycles. The second kappa shape index (κ2) is 9.13. The molecule has 29 heavy (non-hydrogen) atoms. The lowest BCUT2D eigenvalue weighted by molar-refractivity contribution is 0.0864. The van der Waals surface area contributed by atoms with E-state index in [1.54, 1.807) is 7.11 Å². The Morgan fingerprint density at radius 1 is 1.17 bits per heavy atom. The standard InChI is InChI=1S/C22H28N2O5/c1-13(14-5-4-6-17(11-14)28-3)20-18(12-19(29-20)22(27)23-2)21(26)24-15-7-9-16(25)10-8-15/h4-6,11-13,15-16,25H,7-10H2,1-3H3,(H,23,27)(H,24,26)/t13?,15-,16-. The van der Waals surface area contributed by atoms with E-state index in [1.807, 2.05) is 31.2 Å². The van der Waals surface area contributed by atoms with Gasteiger partial charge in [0, 0.05) is 25.1 Å². The number of hydrogen-bond acceptors (Lipinski definition) is 5. The van der Waals surface area contributed by atoms with Crippen molar-refractivity contribution in [3.05, 3.63) is 53.0 Å². The van der Waals surface area contributed by atoms with E-state index in [4.69, 9.17) is 9.15 Å². The topological polar surface area (TPSA) is 101 Å². The Hall–Kier alpha value is -2.80. The van der Waals surface area contributed by atoms with Crippen LogP contribution in [0.5, 0.6) is 5.75 Å². The van der Waals surface area contributed by atoms with Gasteiger partial charge in [-0.25, -0.2) is 0 Å². The second-order valence-electron chi connectivity index (χ2n) is 7.44. The van der Waals surface area contributed by atoms with Crippen molar-refractivity contribution in [2.75, 3.05) is 14.2 Å². The molecule has 2 amide bonds. The Morgan fingerprint density at radius 2 is 1.90 bits per heavy atom. The van der Waals surface area contributed by atoms with Gasteiger partial charge in [-0.2, -0.15) is 0 Å². The third kappa shape index (κ3) is 4.79. The van der Waals surface area contributed by atoms with Crippen molar-refractivity contribution < 1.29 is 23.8 Å². The first-order valence-corrected chi connectivity index (χ1v) is 9.91. The van der Waals surface area contributed by atoms with Gasteiger partial charge in [0.2, 0.25) is 0 Å². The first-order valence-electron chi connectivity index (χ1n) is 9.91. The van der Waals surface area contributed by atoms with Gasteiger partial charge >= 0.3 is 0 Å². The van der Waals surface area contributed by atoms with Gasteiger partial charge in [0.1, 0.15) is 11.5 Å². The molecule has 0 aliphatic heterocycles. The molecule has 7 heteroatoms. The van der Waals surface area contributed by atoms with E-state index >= 15 is 0 Å². The number of carbonyl (C=O) groups is 2. The number of benzene rings is 1. The van der Waals surface area contributed by atoms with Gasteiger partial charge in [-0.05, 0) is 43.4 Å². The number of ether oxygens (including phenoxy) is 1. The van der Waals surface area contributed by atoms with Crippen LogP contribution in [0.1, 0.15) is 70.8 Å². The van der Waals surface area contributed by atoms with Crippen molar-refractivity contribution in [1.29, 1.82) is 0 Å². The molecule has 1 saturated carbocycles. The van der Waals surface area contributed by atoms with Crippen LogP contribution in [0.2, 0.25) is 0 Å². The van der Waals surface area contributed by atoms with Gasteiger partial charge < -0.3 is 24.9 Å². The molecule has 156 valence electrons. The first kappa shape index (κ1) is 20.9. The highest BCUT2D eigenvalue weighted by Gasteiger charge is 2.28. The van der Waals surface area contributed by atoms with E-state index in [1.165, 1.54) is 13.1 Å². The predicted molar refractivity (Wildman–Crippen MR) is 108 cm³/mol. The molecule has 3 N–H and O–H groups in total. The highest BCUT2D eigenvalue weighted by atomic mass is 16.5. The van der Waals surface area contributed by atoms with Gasteiger partial charge in [-0.3, -0.25) is 9.59 Å². The summed E-state index contributed by atoms with van der Waals surface area (Å²) in [5.41, 5.74) is 1.27. The molecule has 1 unspecified atom stereocenters. The molecule has 3 rings (SSSR count). The highest BCUT2D eigenvalue weighted by molar-refractivity contribution is 5.99. The van der Waals surface area contributed by atoms with E-state index in [0.717, 1.165) is 18.4 Å². The van der Waals surface area contributed by atoms with Gasteiger partial charge in [-0.1, -0.05) is 19.1 Å². The molecule has 7 nitrogen and oxygen atoms in total. The maximum atomic E-state index is 13.0. The van der Waals surface area contributed by atoms with Gasteiger partial charge in [-0.15, -0.1) is 0 Å². The average Bonchev–Trinajstić information content (AvgIpc) is 3.20. The molecule has 1 aliphatic rings. The molecule has 0 saturated heterocycles. The number of carbonyl (C=O) groups excluding carboxylic acids is 2. The van der Waals surface area contributed by atoms with Crippen LogP contribution in [0.3, 0.4) is 0 Å². The third-order valence-corrected chi connectivity index (χ3v) is 5.48. The molecular formula is C22H28N2O5. The molecule has 1 aliphatic carbocycles. The molecule has 0 spiro atoms. The van der Waals surface area contributed by atoms with Crippen LogP contribution >= 0.6 is 0 Å². The third-order valence-electron chi connectivity index (χ3n) is 5.48. The minimum Gasteiger partial charge on any atom is -0.497 e. The summed E-state index contributed by atoms with van der Waals surface area (Å²) in [6.45, 7) is 1.93. The smallest absolute Gasteiger partial charge is 0.286 e. The van der Waals surface area contributed by atoms with Crippen LogP contribution in [-0.4, -0.2) is 43.2 Å². The maximum absolute atomic E-state index is 13.0. The summed E-state index contributed by atoms with van der Waals surface area (Å²) in [5, 5.41) is 15.2. The first-order chi connectivity index (χ1) is 13.9. The number of hydrogen-bond donors (Lipinski definition) is 3. The monoisotopic (exact) mass is 400 g/mol. The number of nitrogens with one attached hydrogen (secondary N) is 2. The zero-order valence-electron chi connectivity index (χ0n) is 17.0. The Bertz CT molecular complexity index is 868. The predicted octanol–water partition coefficient (Wildman–Crippen LogP) is 2.83. The summed E-state index contributed by atoms with van der Waals surface area (Å²) >= 11 is 0. The van der Waals surface area contributed by atoms with Crippen LogP contribution in [-0.2, 0) is 0 Å². The molecule has 1 aromatic heterocycles. The summed E-state index contributed by atoms with van der Waals surface area (Å²) < 4.78 is 11.1. The summed E-state index contributed by atoms with van der Waals surface area (Å²) in [7, 11) is 3.11. The lowest BCUT2D eigenvalue weighted by Gasteiger charge is -2.26. The number of amides is 2. The zero-order chi connectivity index (χ0) is 21.0. The Kier molecular flexibility index (Phi) is 6.59. The van der Waals surface area contributed by atoms with E-state index in [-0.39, 0.29) is 35.6 Å². The fourth-order valence-corrected chi connectivity index (χ4v) is 3.68. The summed E-state index contributed by atoms with van der Waals surface area (Å²) in [5.74, 6) is 0.335. The molecule has 1 atom stereocenters. The van der Waals surface area contributed by atoms with Crippen molar-refractivity contribution >= 4 is 11.8 Å². The van der Waals surface area contributed by atoms with Crippen molar-refractivity contribution in [1.82, 2.24) is 10.6 Å². The Balaban J connectivity index is 1.89. The Morgan fingerprint density at radius 3 is 2.55 bits per heavy atom. The molecule has 2 aromatic rings. The molecule has 0 radical (unpaired) electrons. The fraction of sp³-hybridized carbons (Fsp3) is 0.455. The normalized spacial score (nSPS) is 20.0. The van der Waals surface area contributed by atoms with Gasteiger partial charge in [0.25, 0.3) is 11.8 Å². The van der Waals surface area contributed by atoms with Crippen molar-refractivity contribution in [3.8, 4) is 5.75 Å². The van der Waals surface area contributed by atoms with E-state index < -0.39 is 0 Å². The minimum atomic E-state index is -0.385. The highest BCUT2D eigenvalue weighted by Crippen LogP contribution is 2.32. The van der Waals surface area contributed by atoms with Crippen LogP contribution in [0.25, 0.3) is 0 Å². The quantitative estimate of drug-likeness (QED) is 0.692. The van der Waals surface area contributed by atoms with Crippen LogP contribution in [0.15, 0.2) is 34.7 Å². The molecule has 1 aromatic carbocycles. The number of aliphatic hydroxyl groups excluding tert-OH is 1. The van der Waals surface area contributed by atoms with E-state index in [2.05, 4.69) is 10.6 Å². The SMILES string of the molecule is CNC(=O)c1cc(C(=O)N[C@H]2CC[C@H](O)CC2)c(C(C)c2cccc(OC)c2)o1. The number of furan rings is 1. The minimum absolute atomic E-state index is 0.00391.